The van der Waals surface area contributed by atoms with Crippen molar-refractivity contribution < 1.29 is 38.4 Å². The number of esters is 3. The summed E-state index contributed by atoms with van der Waals surface area (Å²) in [6.45, 7) is 3.64. The third kappa shape index (κ3) is 3.98. The molecule has 0 amide bonds. The number of rotatable bonds is 5. The van der Waals surface area contributed by atoms with Gasteiger partial charge in [0, 0.05) is 25.4 Å². The summed E-state index contributed by atoms with van der Waals surface area (Å²) in [5, 5.41) is 9.50. The standard InChI is InChI=1S/C23H27NO8/c1-11(25)7-19(27)31-17-9-14-15(10-16(17)29-4)23(28)32-22-18(30-12(2)26)8-13-5-6-24(3)21(13)20(14)22/h8-11,18,20-22,25H,5-7H2,1-4H3/t11?,18?,20-,21+,22+/m0/s1. The van der Waals surface area contributed by atoms with Crippen LogP contribution in [0.3, 0.4) is 0 Å². The highest BCUT2D eigenvalue weighted by molar-refractivity contribution is 5.94. The van der Waals surface area contributed by atoms with Crippen molar-refractivity contribution in [1.82, 2.24) is 4.90 Å². The molecule has 0 saturated carbocycles. The number of carbonyl (C=O) groups is 3. The van der Waals surface area contributed by atoms with Crippen molar-refractivity contribution in [1.29, 1.82) is 0 Å². The van der Waals surface area contributed by atoms with Gasteiger partial charge < -0.3 is 24.1 Å². The number of fused-ring (bicyclic) bond motifs is 5. The first-order chi connectivity index (χ1) is 15.2. The Hall–Kier alpha value is -2.91. The molecule has 1 aromatic carbocycles. The number of ether oxygens (including phenoxy) is 4. The van der Waals surface area contributed by atoms with Crippen molar-refractivity contribution in [2.24, 2.45) is 0 Å². The van der Waals surface area contributed by atoms with Crippen LogP contribution in [0.25, 0.3) is 0 Å². The van der Waals surface area contributed by atoms with E-state index in [1.165, 1.54) is 27.0 Å². The normalized spacial score (nSPS) is 27.3. The third-order valence-electron chi connectivity index (χ3n) is 6.15. The summed E-state index contributed by atoms with van der Waals surface area (Å²) in [6.07, 6.45) is 0.271. The van der Waals surface area contributed by atoms with Crippen molar-refractivity contribution in [2.45, 2.75) is 57.0 Å². The minimum absolute atomic E-state index is 0.0481. The van der Waals surface area contributed by atoms with Gasteiger partial charge in [0.15, 0.2) is 23.7 Å². The van der Waals surface area contributed by atoms with E-state index in [1.807, 2.05) is 13.1 Å². The van der Waals surface area contributed by atoms with Crippen LogP contribution in [0.2, 0.25) is 0 Å². The number of hydrogen-bond acceptors (Lipinski definition) is 9. The zero-order chi connectivity index (χ0) is 23.2. The summed E-state index contributed by atoms with van der Waals surface area (Å²) >= 11 is 0. The van der Waals surface area contributed by atoms with Gasteiger partial charge >= 0.3 is 17.9 Å². The maximum Gasteiger partial charge on any atom is 0.339 e. The van der Waals surface area contributed by atoms with E-state index >= 15 is 0 Å². The van der Waals surface area contributed by atoms with Crippen LogP contribution in [0.5, 0.6) is 11.5 Å². The third-order valence-corrected chi connectivity index (χ3v) is 6.15. The number of likely N-dealkylation sites (N-methyl/N-ethyl adjacent to an activating group) is 1. The first-order valence-corrected chi connectivity index (χ1v) is 10.6. The van der Waals surface area contributed by atoms with E-state index in [2.05, 4.69) is 4.90 Å². The van der Waals surface area contributed by atoms with Crippen LogP contribution >= 0.6 is 0 Å². The van der Waals surface area contributed by atoms with Crippen molar-refractivity contribution >= 4 is 17.9 Å². The molecule has 0 aromatic heterocycles. The van der Waals surface area contributed by atoms with Gasteiger partial charge in [-0.3, -0.25) is 14.5 Å². The molecule has 172 valence electrons. The zero-order valence-electron chi connectivity index (χ0n) is 18.5. The van der Waals surface area contributed by atoms with Gasteiger partial charge in [-0.2, -0.15) is 0 Å². The van der Waals surface area contributed by atoms with Gasteiger partial charge in [0.25, 0.3) is 0 Å². The second-order valence-corrected chi connectivity index (χ2v) is 8.50. The van der Waals surface area contributed by atoms with Gasteiger partial charge in [0.1, 0.15) is 0 Å². The van der Waals surface area contributed by atoms with E-state index in [0.29, 0.717) is 11.1 Å². The maximum atomic E-state index is 12.9. The molecule has 2 unspecified atom stereocenters. The number of hydrogen-bond donors (Lipinski definition) is 1. The number of carbonyl (C=O) groups excluding carboxylic acids is 3. The van der Waals surface area contributed by atoms with E-state index in [0.717, 1.165) is 18.5 Å². The lowest BCUT2D eigenvalue weighted by molar-refractivity contribution is -0.151. The second-order valence-electron chi connectivity index (χ2n) is 8.50. The molecule has 1 aromatic rings. The number of methoxy groups -OCH3 is 1. The fraction of sp³-hybridized carbons (Fsp3) is 0.522. The molecule has 1 saturated heterocycles. The molecule has 9 nitrogen and oxygen atoms in total. The fourth-order valence-electron chi connectivity index (χ4n) is 4.89. The molecule has 4 rings (SSSR count). The SMILES string of the molecule is COc1cc2c(cc1OC(=O)CC(C)O)[C@@H]1[C@H](OC2=O)C(OC(C)=O)C=C2CCN(C)[C@H]21. The molecule has 3 aliphatic rings. The summed E-state index contributed by atoms with van der Waals surface area (Å²) in [6, 6.07) is 3.09. The maximum absolute atomic E-state index is 12.9. The fourth-order valence-corrected chi connectivity index (χ4v) is 4.89. The summed E-state index contributed by atoms with van der Waals surface area (Å²) in [4.78, 5) is 39.0. The molecule has 0 spiro atoms. The van der Waals surface area contributed by atoms with Crippen molar-refractivity contribution in [2.75, 3.05) is 20.7 Å². The first-order valence-electron chi connectivity index (χ1n) is 10.6. The smallest absolute Gasteiger partial charge is 0.339 e. The minimum Gasteiger partial charge on any atom is -0.493 e. The van der Waals surface area contributed by atoms with E-state index in [9.17, 15) is 19.5 Å². The lowest BCUT2D eigenvalue weighted by atomic mass is 9.73. The van der Waals surface area contributed by atoms with Crippen LogP contribution in [-0.2, 0) is 19.1 Å². The molecule has 5 atom stereocenters. The molecule has 1 N–H and O–H groups in total. The highest BCUT2D eigenvalue weighted by Crippen LogP contribution is 2.48. The summed E-state index contributed by atoms with van der Waals surface area (Å²) in [5.74, 6) is -1.59. The largest absolute Gasteiger partial charge is 0.493 e. The highest BCUT2D eigenvalue weighted by Gasteiger charge is 2.52. The predicted octanol–water partition coefficient (Wildman–Crippen LogP) is 1.57. The number of likely N-dealkylation sites (tertiary alicyclic amines) is 1. The Morgan fingerprint density at radius 3 is 2.72 bits per heavy atom. The molecule has 32 heavy (non-hydrogen) atoms. The van der Waals surface area contributed by atoms with Gasteiger partial charge in [-0.1, -0.05) is 5.57 Å². The average Bonchev–Trinajstić information content (AvgIpc) is 3.07. The average molecular weight is 445 g/mol. The van der Waals surface area contributed by atoms with Crippen LogP contribution < -0.4 is 9.47 Å². The summed E-state index contributed by atoms with van der Waals surface area (Å²) in [7, 11) is 3.41. The molecular weight excluding hydrogens is 418 g/mol. The zero-order valence-corrected chi connectivity index (χ0v) is 18.5. The quantitative estimate of drug-likeness (QED) is 0.410. The van der Waals surface area contributed by atoms with Crippen molar-refractivity contribution in [3.8, 4) is 11.5 Å². The van der Waals surface area contributed by atoms with E-state index < -0.39 is 36.2 Å². The van der Waals surface area contributed by atoms with Crippen molar-refractivity contribution in [3.63, 3.8) is 0 Å². The van der Waals surface area contributed by atoms with E-state index in [4.69, 9.17) is 18.9 Å². The van der Waals surface area contributed by atoms with E-state index in [1.54, 1.807) is 6.07 Å². The minimum atomic E-state index is -0.854. The monoisotopic (exact) mass is 445 g/mol. The topological polar surface area (TPSA) is 112 Å². The second kappa shape index (κ2) is 8.55. The van der Waals surface area contributed by atoms with E-state index in [-0.39, 0.29) is 29.9 Å². The predicted molar refractivity (Wildman–Crippen MR) is 112 cm³/mol. The first kappa shape index (κ1) is 22.3. The van der Waals surface area contributed by atoms with Crippen LogP contribution in [0, 0.1) is 0 Å². The van der Waals surface area contributed by atoms with Crippen LogP contribution in [0.4, 0.5) is 0 Å². The molecule has 0 bridgehead atoms. The van der Waals surface area contributed by atoms with Crippen LogP contribution in [0.15, 0.2) is 23.8 Å². The Bertz CT molecular complexity index is 984. The van der Waals surface area contributed by atoms with Crippen LogP contribution in [-0.4, -0.2) is 73.0 Å². The molecule has 9 heteroatoms. The number of aliphatic hydroxyl groups excluding tert-OH is 1. The lowest BCUT2D eigenvalue weighted by Gasteiger charge is -2.44. The molecule has 1 aliphatic carbocycles. The Morgan fingerprint density at radius 1 is 1.31 bits per heavy atom. The van der Waals surface area contributed by atoms with Crippen molar-refractivity contribution in [3.05, 3.63) is 34.9 Å². The molecular formula is C23H27NO8. The Labute approximate surface area is 185 Å². The molecule has 0 radical (unpaired) electrons. The molecule has 2 heterocycles. The van der Waals surface area contributed by atoms with Gasteiger partial charge in [-0.05, 0) is 44.2 Å². The number of aliphatic hydroxyl groups is 1. The Balaban J connectivity index is 1.80. The molecule has 2 aliphatic heterocycles. The van der Waals surface area contributed by atoms with Gasteiger partial charge in [-0.15, -0.1) is 0 Å². The summed E-state index contributed by atoms with van der Waals surface area (Å²) < 4.78 is 22.1. The molecule has 1 fully saturated rings. The Kier molecular flexibility index (Phi) is 5.96. The van der Waals surface area contributed by atoms with Crippen LogP contribution in [0.1, 0.15) is 48.5 Å². The Morgan fingerprint density at radius 2 is 2.06 bits per heavy atom. The van der Waals surface area contributed by atoms with Gasteiger partial charge in [0.2, 0.25) is 0 Å². The number of benzene rings is 1. The highest BCUT2D eigenvalue weighted by atomic mass is 16.6. The number of nitrogens with zero attached hydrogens (tertiary/aromatic N) is 1. The lowest BCUT2D eigenvalue weighted by Crippen LogP contribution is -2.51. The van der Waals surface area contributed by atoms with Gasteiger partial charge in [-0.25, -0.2) is 4.79 Å². The summed E-state index contributed by atoms with van der Waals surface area (Å²) in [5.41, 5.74) is 2.09. The van der Waals surface area contributed by atoms with Gasteiger partial charge in [0.05, 0.1) is 25.2 Å².